The van der Waals surface area contributed by atoms with Crippen LogP contribution in [0.5, 0.6) is 0 Å². The molecular weight excluding hydrogens is 373 g/mol. The van der Waals surface area contributed by atoms with Gasteiger partial charge in [-0.3, -0.25) is 0 Å². The fourth-order valence-electron chi connectivity index (χ4n) is 3.70. The third-order valence-electron chi connectivity index (χ3n) is 5.15. The lowest BCUT2D eigenvalue weighted by Gasteiger charge is -2.32. The minimum Gasteiger partial charge on any atom is -0.324 e. The molecule has 150 valence electrons. The van der Waals surface area contributed by atoms with Crippen molar-refractivity contribution in [2.45, 2.75) is 18.8 Å². The second-order valence-corrected chi connectivity index (χ2v) is 7.13. The first-order valence-electron chi connectivity index (χ1n) is 9.56. The lowest BCUT2D eigenvalue weighted by Crippen LogP contribution is -2.42. The number of amides is 2. The zero-order valence-corrected chi connectivity index (χ0v) is 16.1. The summed E-state index contributed by atoms with van der Waals surface area (Å²) < 4.78 is 16.8. The molecule has 0 radical (unpaired) electrons. The fraction of sp³-hybridized carbons (Fsp3) is 0.286. The van der Waals surface area contributed by atoms with E-state index >= 15 is 0 Å². The number of rotatable bonds is 3. The number of nitrogens with one attached hydrogen (secondary N) is 1. The number of urea groups is 1. The number of hydrogen-bond acceptors (Lipinski definition) is 3. The van der Waals surface area contributed by atoms with Gasteiger partial charge < -0.3 is 10.2 Å². The molecule has 1 N–H and O–H groups in total. The standard InChI is InChI=1S/C21H22FN5O2/c1-25-21(29)27(16-9-3-2-4-10-16)19(24-25)15-8-7-13-26(14-15)20(28)23-18-12-6-5-11-17(18)22/h2-6,9-12,15H,7-8,13-14H2,1H3,(H,23,28)/t15-/m1/s1. The number of aromatic nitrogens is 3. The molecule has 2 amide bonds. The predicted molar refractivity (Wildman–Crippen MR) is 108 cm³/mol. The maximum atomic E-state index is 13.9. The average Bonchev–Trinajstić information content (AvgIpc) is 3.05. The van der Waals surface area contributed by atoms with Gasteiger partial charge in [-0.05, 0) is 37.1 Å². The van der Waals surface area contributed by atoms with E-state index < -0.39 is 5.82 Å². The van der Waals surface area contributed by atoms with Crippen LogP contribution in [-0.2, 0) is 7.05 Å². The Balaban J connectivity index is 1.58. The van der Waals surface area contributed by atoms with E-state index in [-0.39, 0.29) is 23.3 Å². The molecule has 1 saturated heterocycles. The Hall–Kier alpha value is -3.42. The Labute approximate surface area is 167 Å². The van der Waals surface area contributed by atoms with Gasteiger partial charge >= 0.3 is 11.7 Å². The summed E-state index contributed by atoms with van der Waals surface area (Å²) in [4.78, 5) is 27.0. The highest BCUT2D eigenvalue weighted by Crippen LogP contribution is 2.27. The molecule has 3 aromatic rings. The van der Waals surface area contributed by atoms with Crippen LogP contribution in [-0.4, -0.2) is 38.4 Å². The molecule has 1 atom stereocenters. The molecule has 1 aliphatic rings. The van der Waals surface area contributed by atoms with Gasteiger partial charge in [0.05, 0.1) is 11.4 Å². The largest absolute Gasteiger partial charge is 0.350 e. The van der Waals surface area contributed by atoms with Crippen LogP contribution in [0, 0.1) is 5.82 Å². The van der Waals surface area contributed by atoms with Gasteiger partial charge in [0, 0.05) is 26.1 Å². The first-order chi connectivity index (χ1) is 14.0. The molecule has 1 fully saturated rings. The Morgan fingerprint density at radius 2 is 1.86 bits per heavy atom. The number of aryl methyl sites for hydroxylation is 1. The SMILES string of the molecule is Cn1nc([C@@H]2CCCN(C(=O)Nc3ccccc3F)C2)n(-c2ccccc2)c1=O. The van der Waals surface area contributed by atoms with Crippen LogP contribution in [0.15, 0.2) is 59.4 Å². The van der Waals surface area contributed by atoms with E-state index in [2.05, 4.69) is 10.4 Å². The first kappa shape index (κ1) is 18.9. The van der Waals surface area contributed by atoms with Crippen LogP contribution < -0.4 is 11.0 Å². The lowest BCUT2D eigenvalue weighted by molar-refractivity contribution is 0.191. The Bertz CT molecular complexity index is 1080. The summed E-state index contributed by atoms with van der Waals surface area (Å²) >= 11 is 0. The van der Waals surface area contributed by atoms with E-state index in [0.717, 1.165) is 18.5 Å². The van der Waals surface area contributed by atoms with Gasteiger partial charge in [-0.2, -0.15) is 5.10 Å². The molecule has 1 aromatic heterocycles. The highest BCUT2D eigenvalue weighted by atomic mass is 19.1. The fourth-order valence-corrected chi connectivity index (χ4v) is 3.70. The van der Waals surface area contributed by atoms with Crippen molar-refractivity contribution in [3.63, 3.8) is 0 Å². The smallest absolute Gasteiger partial charge is 0.324 e. The second-order valence-electron chi connectivity index (χ2n) is 7.13. The van der Waals surface area contributed by atoms with Crippen molar-refractivity contribution in [1.29, 1.82) is 0 Å². The molecule has 2 heterocycles. The number of nitrogens with zero attached hydrogens (tertiary/aromatic N) is 4. The minimum atomic E-state index is -0.475. The van der Waals surface area contributed by atoms with Crippen molar-refractivity contribution in [1.82, 2.24) is 19.2 Å². The zero-order chi connectivity index (χ0) is 20.4. The molecule has 2 aromatic carbocycles. The number of carbonyl (C=O) groups excluding carboxylic acids is 1. The van der Waals surface area contributed by atoms with Crippen molar-refractivity contribution >= 4 is 11.7 Å². The van der Waals surface area contributed by atoms with E-state index in [0.29, 0.717) is 18.9 Å². The monoisotopic (exact) mass is 395 g/mol. The van der Waals surface area contributed by atoms with Gasteiger partial charge in [0.2, 0.25) is 0 Å². The first-order valence-corrected chi connectivity index (χ1v) is 9.56. The van der Waals surface area contributed by atoms with Crippen molar-refractivity contribution in [2.24, 2.45) is 7.05 Å². The van der Waals surface area contributed by atoms with Crippen LogP contribution >= 0.6 is 0 Å². The van der Waals surface area contributed by atoms with Crippen LogP contribution in [0.2, 0.25) is 0 Å². The summed E-state index contributed by atoms with van der Waals surface area (Å²) in [6.07, 6.45) is 1.58. The van der Waals surface area contributed by atoms with E-state index in [9.17, 15) is 14.0 Å². The number of piperidine rings is 1. The molecular formula is C21H22FN5O2. The lowest BCUT2D eigenvalue weighted by atomic mass is 9.97. The highest BCUT2D eigenvalue weighted by molar-refractivity contribution is 5.89. The summed E-state index contributed by atoms with van der Waals surface area (Å²) in [5.74, 6) is 0.0633. The number of carbonyl (C=O) groups is 1. The van der Waals surface area contributed by atoms with E-state index in [1.165, 1.54) is 16.8 Å². The molecule has 0 spiro atoms. The molecule has 4 rings (SSSR count). The topological polar surface area (TPSA) is 72.2 Å². The van der Waals surface area contributed by atoms with Gasteiger partial charge in [0.1, 0.15) is 11.6 Å². The number of benzene rings is 2. The summed E-state index contributed by atoms with van der Waals surface area (Å²) in [5, 5.41) is 7.08. The van der Waals surface area contributed by atoms with Crippen molar-refractivity contribution in [3.05, 3.63) is 76.7 Å². The second kappa shape index (κ2) is 7.90. The summed E-state index contributed by atoms with van der Waals surface area (Å²) in [7, 11) is 1.62. The molecule has 1 aliphatic heterocycles. The number of likely N-dealkylation sites (tertiary alicyclic amines) is 1. The normalized spacial score (nSPS) is 16.6. The van der Waals surface area contributed by atoms with Crippen LogP contribution in [0.4, 0.5) is 14.9 Å². The zero-order valence-electron chi connectivity index (χ0n) is 16.1. The Morgan fingerprint density at radius 1 is 1.14 bits per heavy atom. The molecule has 8 heteroatoms. The summed E-state index contributed by atoms with van der Waals surface area (Å²) in [6.45, 7) is 0.975. The van der Waals surface area contributed by atoms with Crippen molar-refractivity contribution < 1.29 is 9.18 Å². The van der Waals surface area contributed by atoms with Gasteiger partial charge in [-0.15, -0.1) is 0 Å². The van der Waals surface area contributed by atoms with E-state index in [1.807, 2.05) is 30.3 Å². The molecule has 29 heavy (non-hydrogen) atoms. The van der Waals surface area contributed by atoms with E-state index in [1.54, 1.807) is 28.6 Å². The molecule has 0 bridgehead atoms. The highest BCUT2D eigenvalue weighted by Gasteiger charge is 2.30. The molecule has 0 saturated carbocycles. The van der Waals surface area contributed by atoms with Gasteiger partial charge in [-0.25, -0.2) is 23.2 Å². The van der Waals surface area contributed by atoms with Crippen LogP contribution in [0.3, 0.4) is 0 Å². The predicted octanol–water partition coefficient (Wildman–Crippen LogP) is 3.12. The number of halogens is 1. The average molecular weight is 395 g/mol. The third-order valence-corrected chi connectivity index (χ3v) is 5.15. The third kappa shape index (κ3) is 3.78. The van der Waals surface area contributed by atoms with Crippen LogP contribution in [0.1, 0.15) is 24.6 Å². The molecule has 0 aliphatic carbocycles. The van der Waals surface area contributed by atoms with Gasteiger partial charge in [0.25, 0.3) is 0 Å². The quantitative estimate of drug-likeness (QED) is 0.741. The van der Waals surface area contributed by atoms with Gasteiger partial charge in [-0.1, -0.05) is 30.3 Å². The van der Waals surface area contributed by atoms with E-state index in [4.69, 9.17) is 0 Å². The maximum absolute atomic E-state index is 13.9. The molecule has 0 unspecified atom stereocenters. The number of hydrogen-bond donors (Lipinski definition) is 1. The Morgan fingerprint density at radius 3 is 2.62 bits per heavy atom. The number of anilines is 1. The summed E-state index contributed by atoms with van der Waals surface area (Å²) in [6, 6.07) is 15.1. The maximum Gasteiger partial charge on any atom is 0.350 e. The number of para-hydroxylation sites is 2. The Kier molecular flexibility index (Phi) is 5.16. The molecule has 7 nitrogen and oxygen atoms in total. The van der Waals surface area contributed by atoms with Gasteiger partial charge in [0.15, 0.2) is 0 Å². The van der Waals surface area contributed by atoms with Crippen molar-refractivity contribution in [3.8, 4) is 5.69 Å². The van der Waals surface area contributed by atoms with Crippen molar-refractivity contribution in [2.75, 3.05) is 18.4 Å². The van der Waals surface area contributed by atoms with Crippen LogP contribution in [0.25, 0.3) is 5.69 Å². The minimum absolute atomic E-state index is 0.0933. The summed E-state index contributed by atoms with van der Waals surface area (Å²) in [5.41, 5.74) is 0.673.